The first kappa shape index (κ1) is 15.4. The molecule has 0 saturated carbocycles. The van der Waals surface area contributed by atoms with Crippen LogP contribution < -0.4 is 5.73 Å². The first-order valence-electron chi connectivity index (χ1n) is 6.44. The number of carboxylic acids is 1. The van der Waals surface area contributed by atoms with Crippen molar-refractivity contribution in [3.63, 3.8) is 0 Å². The van der Waals surface area contributed by atoms with Crippen molar-refractivity contribution in [1.82, 2.24) is 9.80 Å². The van der Waals surface area contributed by atoms with Gasteiger partial charge in [0.2, 0.25) is 11.8 Å². The predicted molar refractivity (Wildman–Crippen MR) is 68.3 cm³/mol. The minimum atomic E-state index is -1.08. The molecule has 1 unspecified atom stereocenters. The first-order valence-corrected chi connectivity index (χ1v) is 6.44. The fraction of sp³-hybridized carbons (Fsp3) is 0.750. The third kappa shape index (κ3) is 4.86. The molecule has 0 radical (unpaired) electrons. The van der Waals surface area contributed by atoms with E-state index in [0.717, 1.165) is 19.3 Å². The third-order valence-corrected chi connectivity index (χ3v) is 3.27. The summed E-state index contributed by atoms with van der Waals surface area (Å²) in [5.41, 5.74) is 5.09. The minimum Gasteiger partial charge on any atom is -0.480 e. The number of carboxylic acid groups (broad SMARTS) is 1. The van der Waals surface area contributed by atoms with E-state index in [1.165, 1.54) is 4.90 Å². The molecule has 1 aliphatic heterocycles. The number of aliphatic carboxylic acids is 1. The molecule has 0 aromatic heterocycles. The molecule has 0 aromatic carbocycles. The normalized spacial score (nSPS) is 17.3. The lowest BCUT2D eigenvalue weighted by Crippen LogP contribution is -2.52. The maximum absolute atomic E-state index is 12.2. The molecular weight excluding hydrogens is 250 g/mol. The molecule has 7 nitrogen and oxygen atoms in total. The molecule has 108 valence electrons. The van der Waals surface area contributed by atoms with E-state index in [9.17, 15) is 14.4 Å². The van der Waals surface area contributed by atoms with Gasteiger partial charge < -0.3 is 15.7 Å². The Morgan fingerprint density at radius 2 is 1.79 bits per heavy atom. The third-order valence-electron chi connectivity index (χ3n) is 3.27. The Bertz CT molecular complexity index is 337. The second-order valence-electron chi connectivity index (χ2n) is 4.83. The predicted octanol–water partition coefficient (Wildman–Crippen LogP) is -0.741. The van der Waals surface area contributed by atoms with Crippen LogP contribution in [0.25, 0.3) is 0 Å². The average molecular weight is 271 g/mol. The molecular formula is C12H21N3O4. The van der Waals surface area contributed by atoms with Crippen LogP contribution in [0.2, 0.25) is 0 Å². The van der Waals surface area contributed by atoms with Gasteiger partial charge >= 0.3 is 5.97 Å². The number of rotatable bonds is 6. The molecule has 0 aromatic rings. The Morgan fingerprint density at radius 1 is 1.21 bits per heavy atom. The molecule has 1 heterocycles. The van der Waals surface area contributed by atoms with E-state index in [-0.39, 0.29) is 19.0 Å². The van der Waals surface area contributed by atoms with Crippen molar-refractivity contribution in [2.24, 2.45) is 5.73 Å². The molecule has 2 amide bonds. The lowest BCUT2D eigenvalue weighted by Gasteiger charge is -2.33. The number of amides is 2. The van der Waals surface area contributed by atoms with E-state index in [0.29, 0.717) is 13.1 Å². The van der Waals surface area contributed by atoms with Crippen LogP contribution in [0, 0.1) is 0 Å². The second kappa shape index (κ2) is 7.08. The monoisotopic (exact) mass is 271 g/mol. The van der Waals surface area contributed by atoms with Crippen molar-refractivity contribution in [2.45, 2.75) is 32.2 Å². The van der Waals surface area contributed by atoms with Gasteiger partial charge in [0.25, 0.3) is 0 Å². The van der Waals surface area contributed by atoms with Gasteiger partial charge in [-0.2, -0.15) is 0 Å². The molecule has 1 saturated heterocycles. The van der Waals surface area contributed by atoms with Gasteiger partial charge in [-0.05, 0) is 26.2 Å². The summed E-state index contributed by atoms with van der Waals surface area (Å²) in [6.45, 7) is 2.40. The smallest absolute Gasteiger partial charge is 0.317 e. The molecule has 1 aliphatic rings. The zero-order chi connectivity index (χ0) is 14.4. The molecule has 0 bridgehead atoms. The second-order valence-corrected chi connectivity index (χ2v) is 4.83. The van der Waals surface area contributed by atoms with Gasteiger partial charge in [-0.1, -0.05) is 0 Å². The van der Waals surface area contributed by atoms with Crippen LogP contribution in [-0.4, -0.2) is 64.9 Å². The highest BCUT2D eigenvalue weighted by Gasteiger charge is 2.28. The van der Waals surface area contributed by atoms with Crippen LogP contribution >= 0.6 is 0 Å². The van der Waals surface area contributed by atoms with Gasteiger partial charge in [0.1, 0.15) is 0 Å². The fourth-order valence-corrected chi connectivity index (χ4v) is 2.24. The van der Waals surface area contributed by atoms with E-state index >= 15 is 0 Å². The summed E-state index contributed by atoms with van der Waals surface area (Å²) in [7, 11) is 0. The van der Waals surface area contributed by atoms with Crippen molar-refractivity contribution in [3.05, 3.63) is 0 Å². The molecule has 3 N–H and O–H groups in total. The van der Waals surface area contributed by atoms with E-state index in [2.05, 4.69) is 0 Å². The molecule has 1 fully saturated rings. The summed E-state index contributed by atoms with van der Waals surface area (Å²) >= 11 is 0. The standard InChI is InChI=1S/C12H21N3O4/c1-9(12(19)14-5-3-2-4-6-14)15(7-10(13)16)8-11(17)18/h9H,2-8H2,1H3,(H2,13,16)(H,17,18). The quantitative estimate of drug-likeness (QED) is 0.662. The largest absolute Gasteiger partial charge is 0.480 e. The number of carbonyl (C=O) groups is 3. The lowest BCUT2D eigenvalue weighted by atomic mass is 10.1. The number of nitrogens with two attached hydrogens (primary N) is 1. The number of carbonyl (C=O) groups excluding carboxylic acids is 2. The number of likely N-dealkylation sites (tertiary alicyclic amines) is 1. The average Bonchev–Trinajstić information content (AvgIpc) is 2.36. The fourth-order valence-electron chi connectivity index (χ4n) is 2.24. The number of hydrogen-bond acceptors (Lipinski definition) is 4. The van der Waals surface area contributed by atoms with Crippen molar-refractivity contribution in [1.29, 1.82) is 0 Å². The highest BCUT2D eigenvalue weighted by Crippen LogP contribution is 2.12. The molecule has 0 aliphatic carbocycles. The van der Waals surface area contributed by atoms with Crippen LogP contribution in [0.1, 0.15) is 26.2 Å². The first-order chi connectivity index (χ1) is 8.91. The van der Waals surface area contributed by atoms with Crippen molar-refractivity contribution in [2.75, 3.05) is 26.2 Å². The topological polar surface area (TPSA) is 104 Å². The summed E-state index contributed by atoms with van der Waals surface area (Å²) < 4.78 is 0. The van der Waals surface area contributed by atoms with Gasteiger partial charge in [-0.25, -0.2) is 0 Å². The van der Waals surface area contributed by atoms with Gasteiger partial charge in [0.05, 0.1) is 19.1 Å². The summed E-state index contributed by atoms with van der Waals surface area (Å²) in [5, 5.41) is 8.82. The summed E-state index contributed by atoms with van der Waals surface area (Å²) in [5.74, 6) is -1.86. The van der Waals surface area contributed by atoms with Gasteiger partial charge in [0, 0.05) is 13.1 Å². The van der Waals surface area contributed by atoms with Crippen LogP contribution in [0.3, 0.4) is 0 Å². The van der Waals surface area contributed by atoms with Crippen molar-refractivity contribution < 1.29 is 19.5 Å². The molecule has 7 heteroatoms. The van der Waals surface area contributed by atoms with E-state index in [1.807, 2.05) is 0 Å². The molecule has 1 atom stereocenters. The Labute approximate surface area is 112 Å². The zero-order valence-corrected chi connectivity index (χ0v) is 11.2. The Kier molecular flexibility index (Phi) is 5.75. The Morgan fingerprint density at radius 3 is 2.26 bits per heavy atom. The van der Waals surface area contributed by atoms with Crippen molar-refractivity contribution in [3.8, 4) is 0 Å². The van der Waals surface area contributed by atoms with Gasteiger partial charge in [0.15, 0.2) is 0 Å². The Balaban J connectivity index is 2.67. The number of nitrogens with zero attached hydrogens (tertiary/aromatic N) is 2. The molecule has 1 rings (SSSR count). The van der Waals surface area contributed by atoms with E-state index in [4.69, 9.17) is 10.8 Å². The zero-order valence-electron chi connectivity index (χ0n) is 11.2. The van der Waals surface area contributed by atoms with Crippen molar-refractivity contribution >= 4 is 17.8 Å². The number of primary amides is 1. The van der Waals surface area contributed by atoms with Gasteiger partial charge in [-0.3, -0.25) is 19.3 Å². The maximum Gasteiger partial charge on any atom is 0.317 e. The maximum atomic E-state index is 12.2. The lowest BCUT2D eigenvalue weighted by molar-refractivity contribution is -0.143. The summed E-state index contributed by atoms with van der Waals surface area (Å²) in [6, 6.07) is -0.651. The van der Waals surface area contributed by atoms with Gasteiger partial charge in [-0.15, -0.1) is 0 Å². The van der Waals surface area contributed by atoms with E-state index in [1.54, 1.807) is 11.8 Å². The highest BCUT2D eigenvalue weighted by atomic mass is 16.4. The van der Waals surface area contributed by atoms with Crippen LogP contribution in [0.15, 0.2) is 0 Å². The minimum absolute atomic E-state index is 0.137. The van der Waals surface area contributed by atoms with Crippen LogP contribution in [0.4, 0.5) is 0 Å². The molecule has 0 spiro atoms. The summed E-state index contributed by atoms with van der Waals surface area (Å²) in [4.78, 5) is 37.0. The highest BCUT2D eigenvalue weighted by molar-refractivity contribution is 5.84. The van der Waals surface area contributed by atoms with E-state index < -0.39 is 17.9 Å². The SMILES string of the molecule is CC(C(=O)N1CCCCC1)N(CC(N)=O)CC(=O)O. The van der Waals surface area contributed by atoms with Crippen LogP contribution in [0.5, 0.6) is 0 Å². The number of hydrogen-bond donors (Lipinski definition) is 2. The summed E-state index contributed by atoms with van der Waals surface area (Å²) in [6.07, 6.45) is 3.04. The Hall–Kier alpha value is -1.63. The van der Waals surface area contributed by atoms with Crippen LogP contribution in [-0.2, 0) is 14.4 Å². The number of piperidine rings is 1. The molecule has 19 heavy (non-hydrogen) atoms.